The fraction of sp³-hybridized carbons (Fsp3) is 0.667. The lowest BCUT2D eigenvalue weighted by atomic mass is 9.65. The molecule has 0 unspecified atom stereocenters. The molecule has 0 heterocycles. The van der Waals surface area contributed by atoms with Crippen molar-refractivity contribution in [3.63, 3.8) is 0 Å². The molecule has 4 heteroatoms. The summed E-state index contributed by atoms with van der Waals surface area (Å²) in [6.07, 6.45) is 23.9. The highest BCUT2D eigenvalue weighted by atomic mass is 31.2. The molecular weight excluding hydrogens is 511 g/mol. The van der Waals surface area contributed by atoms with Gasteiger partial charge in [0.15, 0.2) is 5.66 Å². The smallest absolute Gasteiger partial charge is 0.193 e. The van der Waals surface area contributed by atoms with E-state index >= 15 is 0 Å². The molecule has 0 aromatic heterocycles. The van der Waals surface area contributed by atoms with Crippen LogP contribution in [-0.2, 0) is 18.3 Å². The van der Waals surface area contributed by atoms with E-state index < -0.39 is 13.6 Å². The van der Waals surface area contributed by atoms with Gasteiger partial charge in [0.25, 0.3) is 0 Å². The SMILES string of the molecule is CCCCCCCCCc1ccc(C2(c3ccc(CCCCCCCCC)cc3)CCC([P+](O)(O)O)CC2)cc1. The maximum absolute atomic E-state index is 9.97. The van der Waals surface area contributed by atoms with Gasteiger partial charge >= 0.3 is 7.94 Å². The van der Waals surface area contributed by atoms with Gasteiger partial charge in [-0.05, 0) is 73.6 Å². The third-order valence-corrected chi connectivity index (χ3v) is 10.9. The van der Waals surface area contributed by atoms with Gasteiger partial charge in [-0.25, -0.2) is 0 Å². The Labute approximate surface area is 246 Å². The first-order valence-electron chi connectivity index (χ1n) is 16.6. The van der Waals surface area contributed by atoms with Crippen molar-refractivity contribution in [2.75, 3.05) is 0 Å². The van der Waals surface area contributed by atoms with Crippen molar-refractivity contribution in [3.05, 3.63) is 70.8 Å². The van der Waals surface area contributed by atoms with Gasteiger partial charge in [0.05, 0.1) is 0 Å². The van der Waals surface area contributed by atoms with Crippen LogP contribution in [0.25, 0.3) is 0 Å². The lowest BCUT2D eigenvalue weighted by molar-refractivity contribution is 0.271. The van der Waals surface area contributed by atoms with Crippen molar-refractivity contribution in [2.24, 2.45) is 0 Å². The van der Waals surface area contributed by atoms with E-state index in [-0.39, 0.29) is 5.41 Å². The zero-order valence-corrected chi connectivity index (χ0v) is 26.5. The van der Waals surface area contributed by atoms with E-state index in [4.69, 9.17) is 0 Å². The van der Waals surface area contributed by atoms with E-state index in [0.717, 1.165) is 25.7 Å². The Balaban J connectivity index is 1.63. The van der Waals surface area contributed by atoms with Gasteiger partial charge in [0.2, 0.25) is 0 Å². The quantitative estimate of drug-likeness (QED) is 0.116. The summed E-state index contributed by atoms with van der Waals surface area (Å²) in [5.41, 5.74) is 4.95. The van der Waals surface area contributed by atoms with Gasteiger partial charge < -0.3 is 0 Å². The van der Waals surface area contributed by atoms with E-state index in [1.54, 1.807) is 0 Å². The third kappa shape index (κ3) is 10.5. The molecule has 224 valence electrons. The van der Waals surface area contributed by atoms with Crippen LogP contribution in [0.2, 0.25) is 0 Å². The molecule has 0 atom stereocenters. The summed E-state index contributed by atoms with van der Waals surface area (Å²) >= 11 is 0. The minimum atomic E-state index is -3.80. The van der Waals surface area contributed by atoms with Crippen molar-refractivity contribution in [3.8, 4) is 0 Å². The summed E-state index contributed by atoms with van der Waals surface area (Å²) < 4.78 is 0. The Morgan fingerprint density at radius 2 is 0.900 bits per heavy atom. The standard InChI is InChI=1S/C36H58O3P/c1-3-5-7-9-11-13-15-17-31-19-23-33(24-20-31)36(29-27-35(28-30-36)40(37,38)39)34-25-21-32(22-26-34)18-16-14-12-10-8-6-4-2/h19-26,35,37-39H,3-18,27-30H2,1-2H3/q+1. The van der Waals surface area contributed by atoms with Crippen LogP contribution in [0.4, 0.5) is 0 Å². The van der Waals surface area contributed by atoms with E-state index in [0.29, 0.717) is 12.8 Å². The fourth-order valence-electron chi connectivity index (χ4n) is 6.74. The van der Waals surface area contributed by atoms with Gasteiger partial charge in [0, 0.05) is 5.41 Å². The van der Waals surface area contributed by atoms with Gasteiger partial charge in [0.1, 0.15) is 0 Å². The molecule has 40 heavy (non-hydrogen) atoms. The van der Waals surface area contributed by atoms with Gasteiger partial charge in [-0.3, -0.25) is 0 Å². The van der Waals surface area contributed by atoms with Crippen LogP contribution in [0.3, 0.4) is 0 Å². The third-order valence-electron chi connectivity index (χ3n) is 9.45. The Morgan fingerprint density at radius 3 is 1.25 bits per heavy atom. The Bertz CT molecular complexity index is 861. The average molecular weight is 570 g/mol. The number of rotatable bonds is 19. The Hall–Kier alpha value is -1.25. The predicted octanol–water partition coefficient (Wildman–Crippen LogP) is 10.2. The first-order chi connectivity index (χ1) is 19.4. The van der Waals surface area contributed by atoms with Crippen LogP contribution in [-0.4, -0.2) is 20.3 Å². The highest BCUT2D eigenvalue weighted by molar-refractivity contribution is 7.59. The van der Waals surface area contributed by atoms with Crippen molar-refractivity contribution in [1.82, 2.24) is 0 Å². The van der Waals surface area contributed by atoms with Gasteiger partial charge in [-0.2, -0.15) is 14.7 Å². The van der Waals surface area contributed by atoms with Crippen LogP contribution in [0.5, 0.6) is 0 Å². The van der Waals surface area contributed by atoms with Crippen molar-refractivity contribution in [1.29, 1.82) is 0 Å². The van der Waals surface area contributed by atoms with E-state index in [2.05, 4.69) is 62.4 Å². The molecule has 3 rings (SSSR count). The van der Waals surface area contributed by atoms with Crippen molar-refractivity contribution in [2.45, 2.75) is 153 Å². The molecule has 1 fully saturated rings. The molecule has 0 amide bonds. The zero-order chi connectivity index (χ0) is 28.7. The number of unbranched alkanes of at least 4 members (excludes halogenated alkanes) is 12. The molecule has 3 N–H and O–H groups in total. The minimum Gasteiger partial charge on any atom is -0.193 e. The van der Waals surface area contributed by atoms with Crippen LogP contribution in [0.1, 0.15) is 152 Å². The van der Waals surface area contributed by atoms with Crippen LogP contribution >= 0.6 is 7.94 Å². The van der Waals surface area contributed by atoms with Crippen LogP contribution in [0, 0.1) is 0 Å². The van der Waals surface area contributed by atoms with Crippen LogP contribution in [0.15, 0.2) is 48.5 Å². The first-order valence-corrected chi connectivity index (χ1v) is 18.4. The second kappa shape index (κ2) is 17.6. The fourth-order valence-corrected chi connectivity index (χ4v) is 7.69. The van der Waals surface area contributed by atoms with Crippen molar-refractivity contribution >= 4 is 7.94 Å². The van der Waals surface area contributed by atoms with Crippen LogP contribution < -0.4 is 0 Å². The van der Waals surface area contributed by atoms with E-state index in [9.17, 15) is 14.7 Å². The second-order valence-corrected chi connectivity index (χ2v) is 14.5. The Kier molecular flexibility index (Phi) is 14.7. The predicted molar refractivity (Wildman–Crippen MR) is 173 cm³/mol. The molecule has 1 saturated carbocycles. The highest BCUT2D eigenvalue weighted by Gasteiger charge is 2.49. The lowest BCUT2D eigenvalue weighted by Gasteiger charge is -2.40. The van der Waals surface area contributed by atoms with Gasteiger partial charge in [-0.1, -0.05) is 139 Å². The summed E-state index contributed by atoms with van der Waals surface area (Å²) in [7, 11) is -3.80. The molecule has 1 aliphatic carbocycles. The maximum atomic E-state index is 9.97. The molecule has 2 aromatic rings. The molecule has 0 bridgehead atoms. The molecule has 0 spiro atoms. The Morgan fingerprint density at radius 1 is 0.550 bits per heavy atom. The first kappa shape index (κ1) is 33.3. The molecule has 3 nitrogen and oxygen atoms in total. The lowest BCUT2D eigenvalue weighted by Crippen LogP contribution is -2.35. The molecule has 0 radical (unpaired) electrons. The summed E-state index contributed by atoms with van der Waals surface area (Å²) in [5, 5.41) is 0. The monoisotopic (exact) mass is 569 g/mol. The highest BCUT2D eigenvalue weighted by Crippen LogP contribution is 2.59. The summed E-state index contributed by atoms with van der Waals surface area (Å²) in [6, 6.07) is 18.6. The average Bonchev–Trinajstić information content (AvgIpc) is 2.96. The molecule has 0 aliphatic heterocycles. The number of aryl methyl sites for hydroxylation is 2. The maximum Gasteiger partial charge on any atom is 0.406 e. The second-order valence-electron chi connectivity index (χ2n) is 12.6. The molecular formula is C36H58O3P+. The van der Waals surface area contributed by atoms with E-state index in [1.165, 1.54) is 112 Å². The topological polar surface area (TPSA) is 60.7 Å². The number of benzene rings is 2. The van der Waals surface area contributed by atoms with Crippen molar-refractivity contribution < 1.29 is 14.7 Å². The molecule has 0 saturated heterocycles. The zero-order valence-electron chi connectivity index (χ0n) is 25.6. The van der Waals surface area contributed by atoms with Gasteiger partial charge in [-0.15, -0.1) is 0 Å². The summed E-state index contributed by atoms with van der Waals surface area (Å²) in [4.78, 5) is 29.9. The molecule has 2 aromatic carbocycles. The number of hydrogen-bond acceptors (Lipinski definition) is 3. The normalized spacial score (nSPS) is 15.9. The minimum absolute atomic E-state index is 0.138. The largest absolute Gasteiger partial charge is 0.406 e. The number of hydrogen-bond donors (Lipinski definition) is 3. The van der Waals surface area contributed by atoms with E-state index in [1.807, 2.05) is 0 Å². The molecule has 1 aliphatic rings. The summed E-state index contributed by atoms with van der Waals surface area (Å²) in [5.74, 6) is 0. The summed E-state index contributed by atoms with van der Waals surface area (Å²) in [6.45, 7) is 4.54.